The quantitative estimate of drug-likeness (QED) is 0.641. The molecule has 0 aliphatic carbocycles. The van der Waals surface area contributed by atoms with Gasteiger partial charge in [0.25, 0.3) is 11.8 Å². The minimum atomic E-state index is -1.16. The summed E-state index contributed by atoms with van der Waals surface area (Å²) in [4.78, 5) is 45.9. The summed E-state index contributed by atoms with van der Waals surface area (Å²) in [5.74, 6) is -2.02. The van der Waals surface area contributed by atoms with Crippen molar-refractivity contribution in [2.75, 3.05) is 13.6 Å². The number of urea groups is 1. The Bertz CT molecular complexity index is 620. The molecule has 9 heteroatoms. The number of esters is 1. The van der Waals surface area contributed by atoms with Crippen molar-refractivity contribution in [3.8, 4) is 0 Å². The first-order valence-corrected chi connectivity index (χ1v) is 7.38. The van der Waals surface area contributed by atoms with Crippen molar-refractivity contribution in [3.63, 3.8) is 0 Å². The third-order valence-electron chi connectivity index (χ3n) is 2.62. The van der Waals surface area contributed by atoms with E-state index in [1.807, 2.05) is 5.32 Å². The average molecular weight is 386 g/mol. The molecule has 0 fully saturated rings. The summed E-state index contributed by atoms with van der Waals surface area (Å²) in [5, 5.41) is 6.54. The van der Waals surface area contributed by atoms with Gasteiger partial charge in [-0.15, -0.1) is 0 Å². The van der Waals surface area contributed by atoms with Crippen LogP contribution >= 0.6 is 15.9 Å². The molecule has 124 valence electrons. The highest BCUT2D eigenvalue weighted by Crippen LogP contribution is 2.11. The van der Waals surface area contributed by atoms with Crippen LogP contribution in [0.15, 0.2) is 28.7 Å². The van der Waals surface area contributed by atoms with Gasteiger partial charge in [0.15, 0.2) is 6.10 Å². The van der Waals surface area contributed by atoms with E-state index in [0.717, 1.165) is 4.47 Å². The van der Waals surface area contributed by atoms with Crippen molar-refractivity contribution in [2.45, 2.75) is 13.0 Å². The van der Waals surface area contributed by atoms with Crippen LogP contribution in [0.1, 0.15) is 17.3 Å². The average Bonchev–Trinajstić information content (AvgIpc) is 2.52. The second kappa shape index (κ2) is 8.89. The lowest BCUT2D eigenvalue weighted by Gasteiger charge is -2.13. The fourth-order valence-corrected chi connectivity index (χ4v) is 1.85. The number of ether oxygens (including phenoxy) is 1. The van der Waals surface area contributed by atoms with E-state index >= 15 is 0 Å². The highest BCUT2D eigenvalue weighted by molar-refractivity contribution is 9.10. The van der Waals surface area contributed by atoms with Crippen LogP contribution < -0.4 is 16.0 Å². The first-order valence-electron chi connectivity index (χ1n) is 6.59. The van der Waals surface area contributed by atoms with E-state index in [2.05, 4.69) is 26.6 Å². The molecular formula is C14H16BrN3O5. The van der Waals surface area contributed by atoms with E-state index in [4.69, 9.17) is 4.74 Å². The molecule has 0 saturated carbocycles. The zero-order valence-corrected chi connectivity index (χ0v) is 14.1. The highest BCUT2D eigenvalue weighted by Gasteiger charge is 2.19. The van der Waals surface area contributed by atoms with Crippen LogP contribution in [-0.2, 0) is 14.3 Å². The number of rotatable bonds is 5. The van der Waals surface area contributed by atoms with Crippen LogP contribution in [0.25, 0.3) is 0 Å². The summed E-state index contributed by atoms with van der Waals surface area (Å²) in [6.45, 7) is 0.912. The van der Waals surface area contributed by atoms with Crippen molar-refractivity contribution in [1.29, 1.82) is 0 Å². The van der Waals surface area contributed by atoms with E-state index in [-0.39, 0.29) is 0 Å². The Morgan fingerprint density at radius 2 is 1.96 bits per heavy atom. The van der Waals surface area contributed by atoms with Gasteiger partial charge in [0.1, 0.15) is 6.54 Å². The van der Waals surface area contributed by atoms with E-state index in [1.54, 1.807) is 24.3 Å². The zero-order chi connectivity index (χ0) is 17.4. The van der Waals surface area contributed by atoms with Crippen molar-refractivity contribution in [3.05, 3.63) is 34.3 Å². The van der Waals surface area contributed by atoms with Crippen LogP contribution in [-0.4, -0.2) is 43.5 Å². The molecule has 4 amide bonds. The third kappa shape index (κ3) is 6.47. The first kappa shape index (κ1) is 18.6. The lowest BCUT2D eigenvalue weighted by Crippen LogP contribution is -2.44. The van der Waals surface area contributed by atoms with Crippen molar-refractivity contribution >= 4 is 39.7 Å². The predicted octanol–water partition coefficient (Wildman–Crippen LogP) is 0.566. The summed E-state index contributed by atoms with van der Waals surface area (Å²) in [5.41, 5.74) is 0.373. The van der Waals surface area contributed by atoms with E-state index in [0.29, 0.717) is 5.56 Å². The van der Waals surface area contributed by atoms with Gasteiger partial charge in [0.05, 0.1) is 0 Å². The molecular weight excluding hydrogens is 370 g/mol. The summed E-state index contributed by atoms with van der Waals surface area (Å²) < 4.78 is 5.54. The maximum absolute atomic E-state index is 11.8. The molecule has 0 heterocycles. The van der Waals surface area contributed by atoms with Crippen LogP contribution in [0.2, 0.25) is 0 Å². The molecule has 1 rings (SSSR count). The molecule has 0 bridgehead atoms. The summed E-state index contributed by atoms with van der Waals surface area (Å²) in [7, 11) is 1.34. The lowest BCUT2D eigenvalue weighted by molar-refractivity contribution is -0.153. The van der Waals surface area contributed by atoms with Gasteiger partial charge in [0, 0.05) is 17.1 Å². The van der Waals surface area contributed by atoms with Crippen LogP contribution in [0.5, 0.6) is 0 Å². The molecule has 1 aromatic carbocycles. The number of amides is 4. The second-order valence-electron chi connectivity index (χ2n) is 4.39. The van der Waals surface area contributed by atoms with Crippen molar-refractivity contribution < 1.29 is 23.9 Å². The summed E-state index contributed by atoms with van der Waals surface area (Å²) in [6.07, 6.45) is -1.16. The summed E-state index contributed by atoms with van der Waals surface area (Å²) in [6, 6.07) is 5.92. The number of carbonyl (C=O) groups excluding carboxylic acids is 4. The maximum atomic E-state index is 11.8. The molecule has 0 aliphatic rings. The Kier molecular flexibility index (Phi) is 7.20. The topological polar surface area (TPSA) is 114 Å². The number of hydrogen-bond acceptors (Lipinski definition) is 5. The van der Waals surface area contributed by atoms with Gasteiger partial charge in [-0.05, 0) is 25.1 Å². The van der Waals surface area contributed by atoms with E-state index < -0.39 is 36.5 Å². The first-order chi connectivity index (χ1) is 10.8. The summed E-state index contributed by atoms with van der Waals surface area (Å²) >= 11 is 3.24. The largest absolute Gasteiger partial charge is 0.451 e. The Morgan fingerprint density at radius 1 is 1.26 bits per heavy atom. The minimum absolute atomic E-state index is 0.373. The SMILES string of the molecule is CNC(=O)NC(=O)C(C)OC(=O)CNC(=O)c1cccc(Br)c1. The molecule has 1 atom stereocenters. The molecule has 1 aromatic rings. The lowest BCUT2D eigenvalue weighted by atomic mass is 10.2. The predicted molar refractivity (Wildman–Crippen MR) is 84.6 cm³/mol. The Morgan fingerprint density at radius 3 is 2.57 bits per heavy atom. The molecule has 1 unspecified atom stereocenters. The molecule has 0 aromatic heterocycles. The molecule has 0 spiro atoms. The zero-order valence-electron chi connectivity index (χ0n) is 12.5. The van der Waals surface area contributed by atoms with Crippen LogP contribution in [0.4, 0.5) is 4.79 Å². The number of halogens is 1. The molecule has 8 nitrogen and oxygen atoms in total. The molecule has 3 N–H and O–H groups in total. The molecule has 23 heavy (non-hydrogen) atoms. The normalized spacial score (nSPS) is 11.1. The van der Waals surface area contributed by atoms with Crippen molar-refractivity contribution in [1.82, 2.24) is 16.0 Å². The maximum Gasteiger partial charge on any atom is 0.326 e. The monoisotopic (exact) mass is 385 g/mol. The van der Waals surface area contributed by atoms with Crippen molar-refractivity contribution in [2.24, 2.45) is 0 Å². The second-order valence-corrected chi connectivity index (χ2v) is 5.31. The van der Waals surface area contributed by atoms with Gasteiger partial charge in [-0.1, -0.05) is 22.0 Å². The highest BCUT2D eigenvalue weighted by atomic mass is 79.9. The standard InChI is InChI=1S/C14H16BrN3O5/c1-8(12(20)18-14(22)16-2)23-11(19)7-17-13(21)9-4-3-5-10(15)6-9/h3-6,8H,7H2,1-2H3,(H,17,21)(H2,16,18,20,22). The van der Waals surface area contributed by atoms with Gasteiger partial charge < -0.3 is 15.4 Å². The molecule has 0 saturated heterocycles. The number of carbonyl (C=O) groups is 4. The van der Waals surface area contributed by atoms with Gasteiger partial charge in [-0.3, -0.25) is 19.7 Å². The van der Waals surface area contributed by atoms with Crippen LogP contribution in [0.3, 0.4) is 0 Å². The number of benzene rings is 1. The minimum Gasteiger partial charge on any atom is -0.451 e. The number of hydrogen-bond donors (Lipinski definition) is 3. The van der Waals surface area contributed by atoms with Crippen LogP contribution in [0, 0.1) is 0 Å². The smallest absolute Gasteiger partial charge is 0.326 e. The van der Waals surface area contributed by atoms with Gasteiger partial charge in [0.2, 0.25) is 0 Å². The number of nitrogens with one attached hydrogen (secondary N) is 3. The number of imide groups is 1. The molecule has 0 radical (unpaired) electrons. The van der Waals surface area contributed by atoms with E-state index in [1.165, 1.54) is 14.0 Å². The van der Waals surface area contributed by atoms with E-state index in [9.17, 15) is 19.2 Å². The third-order valence-corrected chi connectivity index (χ3v) is 3.11. The van der Waals surface area contributed by atoms with Gasteiger partial charge in [-0.25, -0.2) is 4.79 Å². The Hall–Kier alpha value is -2.42. The fraction of sp³-hybridized carbons (Fsp3) is 0.286. The van der Waals surface area contributed by atoms with Gasteiger partial charge >= 0.3 is 12.0 Å². The Balaban J connectivity index is 2.43. The Labute approximate surface area is 141 Å². The molecule has 0 aliphatic heterocycles. The van der Waals surface area contributed by atoms with Gasteiger partial charge in [-0.2, -0.15) is 0 Å². The fourth-order valence-electron chi connectivity index (χ4n) is 1.45.